The minimum Gasteiger partial charge on any atom is -0.384 e. The highest BCUT2D eigenvalue weighted by atomic mass is 19.4. The Morgan fingerprint density at radius 1 is 1.06 bits per heavy atom. The van der Waals surface area contributed by atoms with E-state index in [0.29, 0.717) is 5.69 Å². The Morgan fingerprint density at radius 2 is 1.71 bits per heavy atom. The predicted molar refractivity (Wildman–Crippen MR) is 178 cm³/mol. The third-order valence-corrected chi connectivity index (χ3v) is 10.3. The van der Waals surface area contributed by atoms with Gasteiger partial charge in [-0.05, 0) is 43.9 Å². The Hall–Kier alpha value is -4.38. The summed E-state index contributed by atoms with van der Waals surface area (Å²) in [6.45, 7) is 3.16. The molecule has 3 heterocycles. The molecule has 2 aromatic rings. The fourth-order valence-corrected chi connectivity index (χ4v) is 7.54. The normalized spacial score (nSPS) is 21.7. The van der Waals surface area contributed by atoms with Crippen LogP contribution >= 0.6 is 0 Å². The molecule has 0 bridgehead atoms. The van der Waals surface area contributed by atoms with E-state index in [-0.39, 0.29) is 62.5 Å². The summed E-state index contributed by atoms with van der Waals surface area (Å²) in [7, 11) is 0. The predicted octanol–water partition coefficient (Wildman–Crippen LogP) is 2.24. The van der Waals surface area contributed by atoms with Gasteiger partial charge >= 0.3 is 6.18 Å². The molecule has 5 rings (SSSR count). The molecular weight excluding hydrogens is 687 g/mol. The summed E-state index contributed by atoms with van der Waals surface area (Å²) in [5, 5.41) is 24.5. The van der Waals surface area contributed by atoms with Crippen LogP contribution < -0.4 is 16.4 Å². The molecule has 1 aromatic heterocycles. The van der Waals surface area contributed by atoms with E-state index in [1.54, 1.807) is 13.8 Å². The van der Waals surface area contributed by atoms with Gasteiger partial charge in [-0.3, -0.25) is 24.0 Å². The number of halogens is 3. The third kappa shape index (κ3) is 9.15. The molecule has 14 nitrogen and oxygen atoms in total. The van der Waals surface area contributed by atoms with E-state index in [1.165, 1.54) is 40.0 Å². The summed E-state index contributed by atoms with van der Waals surface area (Å²) in [6, 6.07) is 1.98. The van der Waals surface area contributed by atoms with Crippen molar-refractivity contribution in [3.05, 3.63) is 47.3 Å². The largest absolute Gasteiger partial charge is 0.393 e. The van der Waals surface area contributed by atoms with Crippen LogP contribution in [0, 0.1) is 5.92 Å². The number of nitrogens with two attached hydrogens (primary N) is 1. The fraction of sp³-hybridized carbons (Fsp3) is 0.629. The Morgan fingerprint density at radius 3 is 2.31 bits per heavy atom. The van der Waals surface area contributed by atoms with Crippen LogP contribution in [0.1, 0.15) is 99.3 Å². The minimum absolute atomic E-state index is 0.00782. The number of benzene rings is 1. The molecule has 1 aliphatic carbocycles. The Labute approximate surface area is 299 Å². The quantitative estimate of drug-likeness (QED) is 0.236. The van der Waals surface area contributed by atoms with Gasteiger partial charge in [0.1, 0.15) is 23.2 Å². The molecule has 17 heteroatoms. The summed E-state index contributed by atoms with van der Waals surface area (Å²) in [5.74, 6) is -4.10. The number of amides is 4. The Bertz CT molecular complexity index is 1630. The molecule has 2 aliphatic heterocycles. The molecule has 284 valence electrons. The first-order valence-corrected chi connectivity index (χ1v) is 17.6. The van der Waals surface area contributed by atoms with Crippen molar-refractivity contribution in [2.45, 2.75) is 113 Å². The molecule has 0 unspecified atom stereocenters. The molecule has 1 aromatic carbocycles. The number of alkyl halides is 3. The first-order chi connectivity index (χ1) is 24.5. The average Bonchev–Trinajstić information content (AvgIpc) is 3.76. The van der Waals surface area contributed by atoms with Crippen LogP contribution in [-0.4, -0.2) is 98.0 Å². The number of primary amides is 1. The smallest absolute Gasteiger partial charge is 0.384 e. The van der Waals surface area contributed by atoms with Crippen LogP contribution in [-0.2, 0) is 35.9 Å². The van der Waals surface area contributed by atoms with Crippen molar-refractivity contribution in [3.63, 3.8) is 0 Å². The van der Waals surface area contributed by atoms with Crippen molar-refractivity contribution in [1.29, 1.82) is 0 Å². The summed E-state index contributed by atoms with van der Waals surface area (Å²) < 4.78 is 45.6. The molecule has 2 saturated heterocycles. The number of nitrogens with one attached hydrogen (secondary N) is 2. The first-order valence-electron chi connectivity index (χ1n) is 17.6. The lowest BCUT2D eigenvalue weighted by atomic mass is 9.84. The van der Waals surface area contributed by atoms with E-state index in [4.69, 9.17) is 10.5 Å². The van der Waals surface area contributed by atoms with E-state index >= 15 is 0 Å². The molecule has 4 amide bonds. The number of ketones is 1. The van der Waals surface area contributed by atoms with Crippen molar-refractivity contribution < 1.29 is 47.0 Å². The second-order valence-corrected chi connectivity index (χ2v) is 14.7. The van der Waals surface area contributed by atoms with E-state index in [0.717, 1.165) is 32.1 Å². The van der Waals surface area contributed by atoms with Crippen LogP contribution in [0.15, 0.2) is 30.5 Å². The maximum atomic E-state index is 14.7. The monoisotopic (exact) mass is 733 g/mol. The molecule has 0 spiro atoms. The second kappa shape index (κ2) is 15.7. The first kappa shape index (κ1) is 38.8. The number of aliphatic hydroxyl groups is 1. The van der Waals surface area contributed by atoms with Gasteiger partial charge in [-0.25, -0.2) is 4.68 Å². The van der Waals surface area contributed by atoms with Crippen molar-refractivity contribution in [2.75, 3.05) is 19.8 Å². The zero-order chi connectivity index (χ0) is 37.8. The number of nitrogens with zero attached hydrogens (tertiary/aromatic N) is 4. The summed E-state index contributed by atoms with van der Waals surface area (Å²) in [5.41, 5.74) is 2.72. The SMILES string of the molecule is CC(C)(O)c1cnnn1[C@H]1C[C@@H](C(=O)NC2(C(=O)C(N)=O)CCOCC2)N(C(=O)[C@@H](CC2CCCCC2)NC(=O)c2ccc(CC(F)(F)F)cc2)C1. The molecule has 3 atom stereocenters. The number of Topliss-reactive ketones (excluding diaryl/α,β-unsaturated/α-hetero) is 1. The number of rotatable bonds is 12. The number of ether oxygens (including phenoxy) is 1. The third-order valence-electron chi connectivity index (χ3n) is 10.3. The van der Waals surface area contributed by atoms with Crippen LogP contribution in [0.4, 0.5) is 13.2 Å². The van der Waals surface area contributed by atoms with E-state index in [2.05, 4.69) is 20.9 Å². The standard InChI is InChI=1S/C35H46F3N7O7/c1-33(2,51)27-19-40-43-45(27)24-17-26(31(49)42-34(28(46)29(39)47)12-14-52-15-13-34)44(20-24)32(50)25(16-21-6-4-3-5-7-21)41-30(48)23-10-8-22(9-11-23)18-35(36,37)38/h8-11,19,21,24-26,51H,3-7,12-18,20H2,1-2H3,(H2,39,47)(H,41,48)(H,42,49)/t24-,25+,26-/m0/s1. The summed E-state index contributed by atoms with van der Waals surface area (Å²) >= 11 is 0. The van der Waals surface area contributed by atoms with Crippen molar-refractivity contribution in [3.8, 4) is 0 Å². The lowest BCUT2D eigenvalue weighted by Gasteiger charge is -2.37. The van der Waals surface area contributed by atoms with Crippen LogP contribution in [0.25, 0.3) is 0 Å². The van der Waals surface area contributed by atoms with Gasteiger partial charge in [0.2, 0.25) is 17.6 Å². The molecule has 1 saturated carbocycles. The van der Waals surface area contributed by atoms with E-state index in [9.17, 15) is 42.3 Å². The number of carbonyl (C=O) groups excluding carboxylic acids is 5. The van der Waals surface area contributed by atoms with Gasteiger partial charge in [0.15, 0.2) is 0 Å². The lowest BCUT2D eigenvalue weighted by Crippen LogP contribution is -2.64. The van der Waals surface area contributed by atoms with Crippen LogP contribution in [0.5, 0.6) is 0 Å². The highest BCUT2D eigenvalue weighted by Gasteiger charge is 2.49. The fourth-order valence-electron chi connectivity index (χ4n) is 7.54. The van der Waals surface area contributed by atoms with Crippen LogP contribution in [0.2, 0.25) is 0 Å². The zero-order valence-electron chi connectivity index (χ0n) is 29.3. The van der Waals surface area contributed by atoms with Crippen molar-refractivity contribution in [2.24, 2.45) is 11.7 Å². The van der Waals surface area contributed by atoms with E-state index in [1.807, 2.05) is 0 Å². The maximum Gasteiger partial charge on any atom is 0.393 e. The van der Waals surface area contributed by atoms with Gasteiger partial charge in [-0.15, -0.1) is 5.10 Å². The lowest BCUT2D eigenvalue weighted by molar-refractivity contribution is -0.147. The number of hydrogen-bond acceptors (Lipinski definition) is 9. The number of carbonyl (C=O) groups is 5. The number of hydrogen-bond donors (Lipinski definition) is 4. The van der Waals surface area contributed by atoms with Gasteiger partial charge in [-0.1, -0.05) is 49.5 Å². The van der Waals surface area contributed by atoms with Gasteiger partial charge in [0.25, 0.3) is 11.8 Å². The molecule has 3 fully saturated rings. The minimum atomic E-state index is -4.42. The number of aromatic nitrogens is 3. The maximum absolute atomic E-state index is 14.7. The average molecular weight is 734 g/mol. The Balaban J connectivity index is 1.46. The number of likely N-dealkylation sites (tertiary alicyclic amines) is 1. The van der Waals surface area contributed by atoms with Gasteiger partial charge in [0, 0.05) is 44.6 Å². The van der Waals surface area contributed by atoms with Crippen molar-refractivity contribution >= 4 is 29.4 Å². The highest BCUT2D eigenvalue weighted by Crippen LogP contribution is 2.34. The molecule has 3 aliphatic rings. The zero-order valence-corrected chi connectivity index (χ0v) is 29.3. The Kier molecular flexibility index (Phi) is 11.7. The molecular formula is C35H46F3N7O7. The van der Waals surface area contributed by atoms with Gasteiger partial charge in [0.05, 0.1) is 24.4 Å². The van der Waals surface area contributed by atoms with E-state index < -0.39 is 71.3 Å². The van der Waals surface area contributed by atoms with Crippen molar-refractivity contribution in [1.82, 2.24) is 30.5 Å². The molecule has 52 heavy (non-hydrogen) atoms. The van der Waals surface area contributed by atoms with Gasteiger partial charge in [-0.2, -0.15) is 13.2 Å². The highest BCUT2D eigenvalue weighted by molar-refractivity contribution is 6.39. The van der Waals surface area contributed by atoms with Gasteiger partial charge < -0.3 is 31.1 Å². The summed E-state index contributed by atoms with van der Waals surface area (Å²) in [4.78, 5) is 68.9. The molecule has 0 radical (unpaired) electrons. The second-order valence-electron chi connectivity index (χ2n) is 14.7. The summed E-state index contributed by atoms with van der Waals surface area (Å²) in [6.07, 6.45) is 0.611. The molecule has 5 N–H and O–H groups in total. The topological polar surface area (TPSA) is 199 Å². The van der Waals surface area contributed by atoms with Crippen LogP contribution in [0.3, 0.4) is 0 Å².